The zero-order valence-corrected chi connectivity index (χ0v) is 31.8. The van der Waals surface area contributed by atoms with Gasteiger partial charge < -0.3 is 30.2 Å². The third kappa shape index (κ3) is 16.9. The van der Waals surface area contributed by atoms with Crippen LogP contribution in [0.25, 0.3) is 0 Å². The van der Waals surface area contributed by atoms with Crippen molar-refractivity contribution in [1.82, 2.24) is 10.6 Å². The van der Waals surface area contributed by atoms with Gasteiger partial charge in [0, 0.05) is 35.1 Å². The third-order valence-electron chi connectivity index (χ3n) is 7.81. The van der Waals surface area contributed by atoms with Gasteiger partial charge in [-0.05, 0) is 87.9 Å². The highest BCUT2D eigenvalue weighted by atomic mass is 79.9. The van der Waals surface area contributed by atoms with Gasteiger partial charge in [-0.3, -0.25) is 9.59 Å². The fourth-order valence-corrected chi connectivity index (χ4v) is 5.51. The van der Waals surface area contributed by atoms with Crippen LogP contribution >= 0.6 is 15.9 Å². The number of unbranched alkanes of at least 4 members (excludes halogenated alkanes) is 5. The van der Waals surface area contributed by atoms with Crippen molar-refractivity contribution in [1.29, 1.82) is 0 Å². The Bertz CT molecular complexity index is 1540. The normalized spacial score (nSPS) is 11.6. The van der Waals surface area contributed by atoms with E-state index in [0.717, 1.165) is 34.9 Å². The molecular weight excluding hydrogens is 714 g/mol. The number of ether oxygens (including phenoxy) is 3. The van der Waals surface area contributed by atoms with Crippen molar-refractivity contribution in [3.8, 4) is 5.75 Å². The van der Waals surface area contributed by atoms with E-state index >= 15 is 0 Å². The second kappa shape index (κ2) is 21.8. The topological polar surface area (TPSA) is 132 Å². The molecule has 0 bridgehead atoms. The Morgan fingerprint density at radius 2 is 1.49 bits per heavy atom. The average molecular weight is 767 g/mol. The minimum absolute atomic E-state index is 0.0550. The van der Waals surface area contributed by atoms with Crippen LogP contribution < -0.4 is 20.7 Å². The molecule has 3 rings (SSSR count). The first kappa shape index (κ1) is 41.0. The van der Waals surface area contributed by atoms with E-state index in [1.165, 1.54) is 24.8 Å². The third-order valence-corrected chi connectivity index (χ3v) is 8.58. The zero-order valence-electron chi connectivity index (χ0n) is 30.2. The van der Waals surface area contributed by atoms with Crippen molar-refractivity contribution in [2.45, 2.75) is 110 Å². The molecule has 0 saturated heterocycles. The summed E-state index contributed by atoms with van der Waals surface area (Å²) in [7, 11) is 0. The molecule has 276 valence electrons. The number of hydrogen-bond donors (Lipinski definition) is 3. The van der Waals surface area contributed by atoms with Gasteiger partial charge in [-0.2, -0.15) is 0 Å². The van der Waals surface area contributed by atoms with E-state index in [1.54, 1.807) is 45.0 Å². The Kier molecular flexibility index (Phi) is 17.5. The molecule has 3 N–H and O–H groups in total. The van der Waals surface area contributed by atoms with E-state index in [4.69, 9.17) is 14.2 Å². The average Bonchev–Trinajstić information content (AvgIpc) is 3.08. The first-order chi connectivity index (χ1) is 24.4. The van der Waals surface area contributed by atoms with Gasteiger partial charge in [0.05, 0.1) is 0 Å². The van der Waals surface area contributed by atoms with Gasteiger partial charge in [0.25, 0.3) is 0 Å². The first-order valence-electron chi connectivity index (χ1n) is 17.7. The van der Waals surface area contributed by atoms with E-state index in [1.807, 2.05) is 48.5 Å². The van der Waals surface area contributed by atoms with Crippen LogP contribution in [0.5, 0.6) is 5.75 Å². The fourth-order valence-electron chi connectivity index (χ4n) is 5.11. The number of benzene rings is 3. The summed E-state index contributed by atoms with van der Waals surface area (Å²) in [5, 5.41) is 8.58. The molecule has 3 amide bonds. The number of amides is 3. The lowest BCUT2D eigenvalue weighted by Gasteiger charge is -2.20. The molecule has 0 saturated carbocycles. The van der Waals surface area contributed by atoms with Crippen molar-refractivity contribution >= 4 is 45.7 Å². The highest BCUT2D eigenvalue weighted by molar-refractivity contribution is 9.10. The van der Waals surface area contributed by atoms with Gasteiger partial charge in [0.1, 0.15) is 24.0 Å². The Hall–Kier alpha value is -4.38. The first-order valence-corrected chi connectivity index (χ1v) is 18.5. The molecule has 0 spiro atoms. The Balaban J connectivity index is 1.56. The Morgan fingerprint density at radius 3 is 2.18 bits per heavy atom. The SMILES string of the molecule is CCCCCCc1ccc(NC(=O)[C@H](Cc2ccc(OC(=O)OCc3ccccc3Br)cc2)NC(=O)CCCCCNC(=O)OC(C)(C)C)cc1. The van der Waals surface area contributed by atoms with E-state index in [2.05, 4.69) is 38.8 Å². The number of alkyl carbamates (subject to hydrolysis) is 1. The maximum atomic E-state index is 13.5. The lowest BCUT2D eigenvalue weighted by Crippen LogP contribution is -2.45. The molecule has 0 aromatic heterocycles. The van der Waals surface area contributed by atoms with Crippen LogP contribution in [0, 0.1) is 0 Å². The van der Waals surface area contributed by atoms with Crippen molar-refractivity contribution in [2.75, 3.05) is 11.9 Å². The molecule has 0 heterocycles. The highest BCUT2D eigenvalue weighted by Gasteiger charge is 2.22. The predicted octanol–water partition coefficient (Wildman–Crippen LogP) is 9.04. The van der Waals surface area contributed by atoms with Crippen LogP contribution in [0.1, 0.15) is 95.8 Å². The van der Waals surface area contributed by atoms with Gasteiger partial charge in [0.15, 0.2) is 0 Å². The number of carbonyl (C=O) groups excluding carboxylic acids is 4. The molecule has 11 heteroatoms. The monoisotopic (exact) mass is 765 g/mol. The number of nitrogens with one attached hydrogen (secondary N) is 3. The van der Waals surface area contributed by atoms with Crippen LogP contribution in [-0.2, 0) is 38.5 Å². The fraction of sp³-hybridized carbons (Fsp3) is 0.450. The Morgan fingerprint density at radius 1 is 0.804 bits per heavy atom. The molecule has 10 nitrogen and oxygen atoms in total. The minimum atomic E-state index is -0.846. The summed E-state index contributed by atoms with van der Waals surface area (Å²) in [5.74, 6) is -0.293. The highest BCUT2D eigenvalue weighted by Crippen LogP contribution is 2.19. The molecule has 0 fully saturated rings. The largest absolute Gasteiger partial charge is 0.514 e. The molecule has 0 radical (unpaired) electrons. The van der Waals surface area contributed by atoms with Crippen molar-refractivity contribution in [2.24, 2.45) is 0 Å². The molecule has 3 aromatic carbocycles. The minimum Gasteiger partial charge on any atom is -0.444 e. The van der Waals surface area contributed by atoms with Crippen LogP contribution in [-0.4, -0.2) is 42.3 Å². The smallest absolute Gasteiger partial charge is 0.444 e. The van der Waals surface area contributed by atoms with E-state index in [9.17, 15) is 19.2 Å². The summed E-state index contributed by atoms with van der Waals surface area (Å²) in [4.78, 5) is 50.6. The van der Waals surface area contributed by atoms with Crippen molar-refractivity contribution in [3.63, 3.8) is 0 Å². The summed E-state index contributed by atoms with van der Waals surface area (Å²) in [5.41, 5.74) is 2.88. The molecule has 51 heavy (non-hydrogen) atoms. The van der Waals surface area contributed by atoms with Crippen LogP contribution in [0.3, 0.4) is 0 Å². The van der Waals surface area contributed by atoms with Crippen molar-refractivity contribution < 1.29 is 33.4 Å². The van der Waals surface area contributed by atoms with Crippen LogP contribution in [0.15, 0.2) is 77.3 Å². The maximum absolute atomic E-state index is 13.5. The van der Waals surface area contributed by atoms with E-state index < -0.39 is 23.9 Å². The quantitative estimate of drug-likeness (QED) is 0.0630. The van der Waals surface area contributed by atoms with Crippen LogP contribution in [0.4, 0.5) is 15.3 Å². The van der Waals surface area contributed by atoms with E-state index in [0.29, 0.717) is 25.1 Å². The summed E-state index contributed by atoms with van der Waals surface area (Å²) in [6, 6.07) is 21.1. The molecule has 1 atom stereocenters. The number of hydrogen-bond acceptors (Lipinski definition) is 7. The molecular formula is C40H52BrN3O7. The second-order valence-electron chi connectivity index (χ2n) is 13.4. The van der Waals surface area contributed by atoms with Gasteiger partial charge in [-0.1, -0.05) is 91.0 Å². The number of anilines is 1. The van der Waals surface area contributed by atoms with Gasteiger partial charge >= 0.3 is 12.2 Å². The number of carbonyl (C=O) groups is 4. The van der Waals surface area contributed by atoms with Crippen molar-refractivity contribution in [3.05, 3.63) is 94.0 Å². The maximum Gasteiger partial charge on any atom is 0.514 e. The van der Waals surface area contributed by atoms with Gasteiger partial charge in [0.2, 0.25) is 11.8 Å². The lowest BCUT2D eigenvalue weighted by atomic mass is 10.0. The Labute approximate surface area is 310 Å². The number of aryl methyl sites for hydroxylation is 1. The summed E-state index contributed by atoms with van der Waals surface area (Å²) in [6.07, 6.45) is 6.89. The summed E-state index contributed by atoms with van der Waals surface area (Å²) in [6.45, 7) is 8.11. The standard InChI is InChI=1S/C40H52BrN3O7/c1-5-6-7-9-14-29-18-22-32(23-19-29)43-37(46)35(44-36(45)17-10-8-13-26-42-38(47)51-40(2,3)4)27-30-20-24-33(25-21-30)50-39(48)49-28-31-15-11-12-16-34(31)41/h11-12,15-16,18-25,35H,5-10,13-14,17,26-28H2,1-4H3,(H,42,47)(H,43,46)(H,44,45)/t35-/m0/s1. The molecule has 0 aliphatic carbocycles. The number of rotatable bonds is 19. The van der Waals surface area contributed by atoms with E-state index in [-0.39, 0.29) is 37.0 Å². The number of halogens is 1. The predicted molar refractivity (Wildman–Crippen MR) is 203 cm³/mol. The molecule has 0 aliphatic heterocycles. The molecule has 0 unspecified atom stereocenters. The molecule has 3 aromatic rings. The van der Waals surface area contributed by atoms with Gasteiger partial charge in [-0.25, -0.2) is 9.59 Å². The molecule has 0 aliphatic rings. The summed E-state index contributed by atoms with van der Waals surface area (Å²) < 4.78 is 16.6. The zero-order chi connectivity index (χ0) is 37.1. The summed E-state index contributed by atoms with van der Waals surface area (Å²) >= 11 is 3.43. The second-order valence-corrected chi connectivity index (χ2v) is 14.3. The van der Waals surface area contributed by atoms with Gasteiger partial charge in [-0.15, -0.1) is 0 Å². The lowest BCUT2D eigenvalue weighted by molar-refractivity contribution is -0.126. The van der Waals surface area contributed by atoms with Crippen LogP contribution in [0.2, 0.25) is 0 Å².